The van der Waals surface area contributed by atoms with Crippen LogP contribution in [0.3, 0.4) is 0 Å². The maximum atomic E-state index is 6.25. The number of hydrogen-bond acceptors (Lipinski definition) is 6. The van der Waals surface area contributed by atoms with Gasteiger partial charge in [0.15, 0.2) is 0 Å². The smallest absolute Gasteiger partial charge is 0.512 e. The Labute approximate surface area is 173 Å². The Morgan fingerprint density at radius 2 is 0.375 bits per heavy atom. The molecule has 0 atom stereocenters. The number of rotatable bonds is 0. The summed E-state index contributed by atoms with van der Waals surface area (Å²) in [6.07, 6.45) is 0. The van der Waals surface area contributed by atoms with E-state index >= 15 is 0 Å². The van der Waals surface area contributed by atoms with Gasteiger partial charge in [0.25, 0.3) is 0 Å². The molecule has 0 rings (SSSR count). The van der Waals surface area contributed by atoms with Gasteiger partial charge in [0, 0.05) is 0 Å². The summed E-state index contributed by atoms with van der Waals surface area (Å²) in [6.45, 7) is 28.5. The molecule has 0 spiro atoms. The van der Waals surface area contributed by atoms with E-state index in [1.165, 1.54) is 0 Å². The van der Waals surface area contributed by atoms with Gasteiger partial charge in [0.05, 0.1) is 0 Å². The molecule has 0 bridgehead atoms. The average molecular weight is 431 g/mol. The predicted octanol–water partition coefficient (Wildman–Crippen LogP) is -2.42. The first-order chi connectivity index (χ1) is 6.00. The van der Waals surface area contributed by atoms with E-state index in [-0.39, 0.29) is 105 Å². The van der Waals surface area contributed by atoms with Gasteiger partial charge >= 0.3 is 105 Å². The monoisotopic (exact) mass is 431 g/mol. The Kier molecular flexibility index (Phi) is 149000. The summed E-state index contributed by atoms with van der Waals surface area (Å²) in [6, 6.07) is 0. The summed E-state index contributed by atoms with van der Waals surface area (Å²) in [7, 11) is 0. The molecule has 0 aromatic heterocycles. The first kappa shape index (κ1) is 95.5. The standard InChI is InChI=1S/6CN.Ce.2Fe.Na/c6*1-2;;;;/q6*-1;+3;2*+2;+1. The Morgan fingerprint density at radius 1 is 0.375 bits per heavy atom. The molecular formula is C6CeFe2N6Na+2. The van der Waals surface area contributed by atoms with Crippen molar-refractivity contribution >= 4 is 0 Å². The minimum atomic E-state index is 0. The second kappa shape index (κ2) is 25000. The van der Waals surface area contributed by atoms with Crippen LogP contribution in [-0.2, 0) is 34.1 Å². The molecule has 0 saturated heterocycles. The van der Waals surface area contributed by atoms with E-state index < -0.39 is 0 Å². The molecule has 0 aromatic carbocycles. The molecule has 0 saturated carbocycles. The Morgan fingerprint density at radius 3 is 0.375 bits per heavy atom. The third-order valence-corrected chi connectivity index (χ3v) is 0. The van der Waals surface area contributed by atoms with Crippen LogP contribution >= 0.6 is 0 Å². The molecule has 1 radical (unpaired) electrons. The van der Waals surface area contributed by atoms with Crippen molar-refractivity contribution in [1.82, 2.24) is 0 Å². The largest absolute Gasteiger partial charge is 3.00 e. The second-order valence-corrected chi connectivity index (χ2v) is 0. The normalized spacial score (nSPS) is 0.750. The van der Waals surface area contributed by atoms with E-state index in [4.69, 9.17) is 71.0 Å². The van der Waals surface area contributed by atoms with Crippen LogP contribution in [0.25, 0.3) is 0 Å². The molecular weight excluding hydrogens is 431 g/mol. The molecule has 0 aliphatic heterocycles. The summed E-state index contributed by atoms with van der Waals surface area (Å²) in [5.41, 5.74) is 0. The quantitative estimate of drug-likeness (QED) is 0.309. The van der Waals surface area contributed by atoms with Crippen LogP contribution in [0.5, 0.6) is 0 Å². The summed E-state index contributed by atoms with van der Waals surface area (Å²) in [5.74, 6) is 0. The SMILES string of the molecule is [C-]#N.[C-]#N.[C-]#N.[C-]#N.[C-]#N.[C-]#N.[Ce+3].[Fe+2].[Fe+2].[Na+]. The van der Waals surface area contributed by atoms with Crippen molar-refractivity contribution in [2.24, 2.45) is 0 Å². The first-order valence-electron chi connectivity index (χ1n) is 1.34. The van der Waals surface area contributed by atoms with E-state index in [1.807, 2.05) is 0 Å². The van der Waals surface area contributed by atoms with Crippen molar-refractivity contribution < 1.29 is 105 Å². The molecule has 16 heavy (non-hydrogen) atoms. The summed E-state index contributed by atoms with van der Waals surface area (Å²) in [5, 5.41) is 37.5. The molecule has 73 valence electrons. The van der Waals surface area contributed by atoms with Crippen LogP contribution in [0.4, 0.5) is 0 Å². The van der Waals surface area contributed by atoms with E-state index in [0.29, 0.717) is 0 Å². The molecule has 0 N–H and O–H groups in total. The van der Waals surface area contributed by atoms with Gasteiger partial charge in [0.1, 0.15) is 0 Å². The first-order valence-corrected chi connectivity index (χ1v) is 1.34. The van der Waals surface area contributed by atoms with Gasteiger partial charge in [-0.1, -0.05) is 0 Å². The average Bonchev–Trinajstić information content (AvgIpc) is 2.33. The van der Waals surface area contributed by atoms with Crippen LogP contribution in [0.15, 0.2) is 0 Å². The van der Waals surface area contributed by atoms with Crippen LogP contribution in [0.1, 0.15) is 0 Å². The molecule has 0 aromatic rings. The number of hydrogen-bond donors (Lipinski definition) is 0. The molecule has 6 nitrogen and oxygen atoms in total. The maximum Gasteiger partial charge on any atom is 3.00 e. The molecule has 0 amide bonds. The minimum absolute atomic E-state index is 0. The van der Waals surface area contributed by atoms with E-state index in [9.17, 15) is 0 Å². The Balaban J connectivity index is -0.00000000321. The van der Waals surface area contributed by atoms with Gasteiger partial charge in [0.2, 0.25) is 0 Å². The molecule has 0 aliphatic carbocycles. The van der Waals surface area contributed by atoms with Crippen LogP contribution in [-0.4, -0.2) is 0 Å². The second-order valence-electron chi connectivity index (χ2n) is 0. The minimum Gasteiger partial charge on any atom is -0.512 e. The van der Waals surface area contributed by atoms with E-state index in [0.717, 1.165) is 0 Å². The van der Waals surface area contributed by atoms with Crippen LogP contribution in [0, 0.1) is 113 Å². The van der Waals surface area contributed by atoms with Crippen LogP contribution in [0.2, 0.25) is 0 Å². The predicted molar refractivity (Wildman–Crippen MR) is 29.8 cm³/mol. The molecule has 0 unspecified atom stereocenters. The van der Waals surface area contributed by atoms with Gasteiger partial charge in [-0.3, -0.25) is 0 Å². The van der Waals surface area contributed by atoms with E-state index in [2.05, 4.69) is 0 Å². The van der Waals surface area contributed by atoms with Crippen LogP contribution < -0.4 is 29.6 Å². The van der Waals surface area contributed by atoms with Gasteiger partial charge in [-0.25, -0.2) is 0 Å². The maximum absolute atomic E-state index is 6.25. The van der Waals surface area contributed by atoms with Crippen molar-refractivity contribution in [1.29, 1.82) is 31.6 Å². The number of nitrogens with zero attached hydrogens (tertiary/aromatic N) is 6. The van der Waals surface area contributed by atoms with E-state index in [1.54, 1.807) is 0 Å². The molecule has 0 fully saturated rings. The van der Waals surface area contributed by atoms with Gasteiger partial charge < -0.3 is 71.0 Å². The van der Waals surface area contributed by atoms with Gasteiger partial charge in [-0.15, -0.1) is 0 Å². The summed E-state index contributed by atoms with van der Waals surface area (Å²) < 4.78 is 0. The van der Waals surface area contributed by atoms with Crippen molar-refractivity contribution in [3.63, 3.8) is 0 Å². The zero-order valence-corrected chi connectivity index (χ0v) is 15.2. The summed E-state index contributed by atoms with van der Waals surface area (Å²) in [4.78, 5) is 0. The Bertz CT molecular complexity index is 106. The Hall–Kier alpha value is 0.356. The fraction of sp³-hybridized carbons (Fsp3) is 0. The topological polar surface area (TPSA) is 143 Å². The third-order valence-electron chi connectivity index (χ3n) is 0. The van der Waals surface area contributed by atoms with Crippen molar-refractivity contribution in [3.05, 3.63) is 39.4 Å². The van der Waals surface area contributed by atoms with Crippen molar-refractivity contribution in [2.75, 3.05) is 0 Å². The zero-order valence-electron chi connectivity index (χ0n) is 7.89. The van der Waals surface area contributed by atoms with Crippen molar-refractivity contribution in [3.8, 4) is 0 Å². The van der Waals surface area contributed by atoms with Gasteiger partial charge in [-0.05, 0) is 0 Å². The molecule has 0 heterocycles. The van der Waals surface area contributed by atoms with Gasteiger partial charge in [-0.2, -0.15) is 0 Å². The molecule has 10 heteroatoms. The van der Waals surface area contributed by atoms with Crippen molar-refractivity contribution in [2.45, 2.75) is 0 Å². The molecule has 0 aliphatic rings. The third kappa shape index (κ3) is 20300. The summed E-state index contributed by atoms with van der Waals surface area (Å²) >= 11 is 0. The zero-order chi connectivity index (χ0) is 12.0. The fourth-order valence-electron chi connectivity index (χ4n) is 0. The fourth-order valence-corrected chi connectivity index (χ4v) is 0.